The Labute approximate surface area is 189 Å². The van der Waals surface area contributed by atoms with Crippen LogP contribution in [0.4, 0.5) is 22.7 Å². The number of fused-ring (bicyclic) bond motifs is 2. The minimum absolute atomic E-state index is 0.0653. The van der Waals surface area contributed by atoms with Crippen LogP contribution in [0.25, 0.3) is 0 Å². The van der Waals surface area contributed by atoms with Gasteiger partial charge in [-0.05, 0) is 48.0 Å². The highest BCUT2D eigenvalue weighted by molar-refractivity contribution is 6.15. The lowest BCUT2D eigenvalue weighted by atomic mass is 9.90. The molecule has 0 saturated carbocycles. The van der Waals surface area contributed by atoms with Gasteiger partial charge in [0.25, 0.3) is 5.91 Å². The van der Waals surface area contributed by atoms with Crippen LogP contribution in [0.2, 0.25) is 0 Å². The van der Waals surface area contributed by atoms with Gasteiger partial charge >= 0.3 is 0 Å². The molecule has 3 aromatic carbocycles. The molecule has 164 valence electrons. The molecule has 1 atom stereocenters. The quantitative estimate of drug-likeness (QED) is 0.580. The summed E-state index contributed by atoms with van der Waals surface area (Å²) in [6, 6.07) is 20.8. The standard InChI is InChI=1S/C25H20N4O4/c30-22-13-18(17-5-1-2-6-19(17)27-22)24(32)26-16-11-9-15(10-12-16)25(33)29-14-23(31)28-20-7-3-4-8-21(20)29/h1-12,18H,13-14H2,(H,26,32)(H,27,30)(H,28,31). The Morgan fingerprint density at radius 3 is 2.27 bits per heavy atom. The summed E-state index contributed by atoms with van der Waals surface area (Å²) in [5.41, 5.74) is 3.53. The summed E-state index contributed by atoms with van der Waals surface area (Å²) in [7, 11) is 0. The van der Waals surface area contributed by atoms with Gasteiger partial charge in [-0.1, -0.05) is 30.3 Å². The number of carbonyl (C=O) groups is 4. The Kier molecular flexibility index (Phi) is 5.10. The lowest BCUT2D eigenvalue weighted by Gasteiger charge is -2.29. The van der Waals surface area contributed by atoms with Crippen LogP contribution in [0.1, 0.15) is 28.3 Å². The largest absolute Gasteiger partial charge is 0.326 e. The van der Waals surface area contributed by atoms with E-state index in [1.165, 1.54) is 4.90 Å². The number of carbonyl (C=O) groups excluding carboxylic acids is 4. The number of nitrogens with one attached hydrogen (secondary N) is 3. The molecule has 5 rings (SSSR count). The van der Waals surface area contributed by atoms with Crippen molar-refractivity contribution >= 4 is 46.4 Å². The van der Waals surface area contributed by atoms with Crippen LogP contribution in [0.15, 0.2) is 72.8 Å². The lowest BCUT2D eigenvalue weighted by Crippen LogP contribution is -2.42. The Bertz CT molecular complexity index is 1290. The van der Waals surface area contributed by atoms with Crippen molar-refractivity contribution < 1.29 is 19.2 Å². The summed E-state index contributed by atoms with van der Waals surface area (Å²) in [5.74, 6) is -1.67. The fraction of sp³-hybridized carbons (Fsp3) is 0.120. The maximum Gasteiger partial charge on any atom is 0.258 e. The van der Waals surface area contributed by atoms with Crippen molar-refractivity contribution in [3.05, 3.63) is 83.9 Å². The zero-order valence-electron chi connectivity index (χ0n) is 17.5. The molecule has 2 aliphatic heterocycles. The van der Waals surface area contributed by atoms with Crippen LogP contribution in [0, 0.1) is 0 Å². The molecule has 2 heterocycles. The molecule has 1 unspecified atom stereocenters. The van der Waals surface area contributed by atoms with E-state index < -0.39 is 5.92 Å². The third kappa shape index (κ3) is 3.94. The second kappa shape index (κ2) is 8.23. The molecule has 0 radical (unpaired) electrons. The number of nitrogens with zero attached hydrogens (tertiary/aromatic N) is 1. The van der Waals surface area contributed by atoms with Gasteiger partial charge in [0.2, 0.25) is 17.7 Å². The van der Waals surface area contributed by atoms with Crippen LogP contribution < -0.4 is 20.9 Å². The number of para-hydroxylation sites is 3. The molecule has 3 aromatic rings. The van der Waals surface area contributed by atoms with Crippen LogP contribution >= 0.6 is 0 Å². The summed E-state index contributed by atoms with van der Waals surface area (Å²) in [4.78, 5) is 51.5. The summed E-state index contributed by atoms with van der Waals surface area (Å²) in [6.07, 6.45) is 0.0653. The number of hydrogen-bond acceptors (Lipinski definition) is 4. The van der Waals surface area contributed by atoms with Crippen molar-refractivity contribution in [3.8, 4) is 0 Å². The normalized spacial score (nSPS) is 16.7. The second-order valence-corrected chi connectivity index (χ2v) is 7.92. The molecule has 3 N–H and O–H groups in total. The molecular formula is C25H20N4O4. The Hall–Kier alpha value is -4.46. The van der Waals surface area contributed by atoms with E-state index in [2.05, 4.69) is 16.0 Å². The van der Waals surface area contributed by atoms with Gasteiger partial charge in [-0.25, -0.2) is 0 Å². The van der Waals surface area contributed by atoms with Gasteiger partial charge in [-0.3, -0.25) is 24.1 Å². The molecule has 0 bridgehead atoms. The van der Waals surface area contributed by atoms with Crippen molar-refractivity contribution in [2.24, 2.45) is 0 Å². The van der Waals surface area contributed by atoms with Crippen molar-refractivity contribution in [2.45, 2.75) is 12.3 Å². The first-order valence-corrected chi connectivity index (χ1v) is 10.5. The molecule has 8 nitrogen and oxygen atoms in total. The van der Waals surface area contributed by atoms with Gasteiger partial charge in [-0.15, -0.1) is 0 Å². The monoisotopic (exact) mass is 440 g/mol. The summed E-state index contributed by atoms with van der Waals surface area (Å²) in [5, 5.41) is 8.37. The summed E-state index contributed by atoms with van der Waals surface area (Å²) >= 11 is 0. The molecular weight excluding hydrogens is 420 g/mol. The SMILES string of the molecule is O=C1CC(C(=O)Nc2ccc(C(=O)N3CC(=O)Nc4ccccc43)cc2)c2ccccc2N1. The van der Waals surface area contributed by atoms with E-state index in [0.29, 0.717) is 28.3 Å². The van der Waals surface area contributed by atoms with Crippen molar-refractivity contribution in [1.82, 2.24) is 0 Å². The van der Waals surface area contributed by atoms with Gasteiger partial charge in [-0.2, -0.15) is 0 Å². The zero-order valence-corrected chi connectivity index (χ0v) is 17.5. The van der Waals surface area contributed by atoms with Crippen LogP contribution in [-0.4, -0.2) is 30.2 Å². The van der Waals surface area contributed by atoms with E-state index in [9.17, 15) is 19.2 Å². The second-order valence-electron chi connectivity index (χ2n) is 7.92. The van der Waals surface area contributed by atoms with Gasteiger partial charge in [0, 0.05) is 23.4 Å². The maximum absolute atomic E-state index is 13.1. The first kappa shape index (κ1) is 20.4. The van der Waals surface area contributed by atoms with E-state index in [0.717, 1.165) is 5.56 Å². The molecule has 0 aliphatic carbocycles. The average molecular weight is 440 g/mol. The molecule has 2 aliphatic rings. The zero-order chi connectivity index (χ0) is 22.9. The highest BCUT2D eigenvalue weighted by Gasteiger charge is 2.31. The van der Waals surface area contributed by atoms with E-state index in [-0.39, 0.29) is 36.6 Å². The van der Waals surface area contributed by atoms with E-state index >= 15 is 0 Å². The summed E-state index contributed by atoms with van der Waals surface area (Å²) < 4.78 is 0. The Balaban J connectivity index is 1.33. The summed E-state index contributed by atoms with van der Waals surface area (Å²) in [6.45, 7) is -0.0719. The van der Waals surface area contributed by atoms with E-state index in [1.54, 1.807) is 60.7 Å². The number of rotatable bonds is 3. The Morgan fingerprint density at radius 2 is 1.48 bits per heavy atom. The number of anilines is 4. The molecule has 8 heteroatoms. The fourth-order valence-electron chi connectivity index (χ4n) is 4.14. The van der Waals surface area contributed by atoms with Crippen molar-refractivity contribution in [1.29, 1.82) is 0 Å². The van der Waals surface area contributed by atoms with E-state index in [4.69, 9.17) is 0 Å². The van der Waals surface area contributed by atoms with Gasteiger partial charge < -0.3 is 16.0 Å². The number of amides is 4. The highest BCUT2D eigenvalue weighted by atomic mass is 16.2. The van der Waals surface area contributed by atoms with Gasteiger partial charge in [0.15, 0.2) is 0 Å². The van der Waals surface area contributed by atoms with Crippen molar-refractivity contribution in [3.63, 3.8) is 0 Å². The molecule has 0 saturated heterocycles. The number of benzene rings is 3. The highest BCUT2D eigenvalue weighted by Crippen LogP contribution is 2.33. The minimum atomic E-state index is -0.598. The Morgan fingerprint density at radius 1 is 0.818 bits per heavy atom. The van der Waals surface area contributed by atoms with Gasteiger partial charge in [0.1, 0.15) is 6.54 Å². The average Bonchev–Trinajstić information content (AvgIpc) is 2.83. The fourth-order valence-corrected chi connectivity index (χ4v) is 4.14. The molecule has 0 spiro atoms. The smallest absolute Gasteiger partial charge is 0.258 e. The van der Waals surface area contributed by atoms with Crippen LogP contribution in [0.3, 0.4) is 0 Å². The molecule has 0 aromatic heterocycles. The minimum Gasteiger partial charge on any atom is -0.326 e. The lowest BCUT2D eigenvalue weighted by molar-refractivity contribution is -0.123. The van der Waals surface area contributed by atoms with Gasteiger partial charge in [0.05, 0.1) is 17.3 Å². The molecule has 4 amide bonds. The number of hydrogen-bond donors (Lipinski definition) is 3. The van der Waals surface area contributed by atoms with Crippen LogP contribution in [0.5, 0.6) is 0 Å². The van der Waals surface area contributed by atoms with Crippen LogP contribution in [-0.2, 0) is 14.4 Å². The first-order valence-electron chi connectivity index (χ1n) is 10.5. The maximum atomic E-state index is 13.1. The van der Waals surface area contributed by atoms with Crippen molar-refractivity contribution in [2.75, 3.05) is 27.4 Å². The topological polar surface area (TPSA) is 108 Å². The third-order valence-corrected chi connectivity index (χ3v) is 5.73. The predicted molar refractivity (Wildman–Crippen MR) is 124 cm³/mol. The third-order valence-electron chi connectivity index (χ3n) is 5.73. The molecule has 33 heavy (non-hydrogen) atoms. The van der Waals surface area contributed by atoms with E-state index in [1.807, 2.05) is 12.1 Å². The molecule has 0 fully saturated rings. The predicted octanol–water partition coefficient (Wildman–Crippen LogP) is 3.35. The first-order chi connectivity index (χ1) is 16.0.